The Hall–Kier alpha value is -1.36. The first-order chi connectivity index (χ1) is 8.56. The van der Waals surface area contributed by atoms with E-state index in [1.807, 2.05) is 6.08 Å². The van der Waals surface area contributed by atoms with Crippen LogP contribution >= 0.6 is 0 Å². The van der Waals surface area contributed by atoms with Crippen LogP contribution in [0.15, 0.2) is 12.2 Å². The minimum Gasteiger partial charge on any atom is -0.127 e. The molecule has 0 unspecified atom stereocenters. The highest BCUT2D eigenvalue weighted by Crippen LogP contribution is 2.00. The number of hydrogen-bond donors (Lipinski definition) is 0. The Balaban J connectivity index is 3.81. The second-order valence-electron chi connectivity index (χ2n) is 5.23. The summed E-state index contributed by atoms with van der Waals surface area (Å²) < 4.78 is 0. The summed E-state index contributed by atoms with van der Waals surface area (Å²) in [5.74, 6) is 14.7. The second-order valence-corrected chi connectivity index (χ2v) is 9.98. The third kappa shape index (κ3) is 14.6. The molecule has 0 aromatic heterocycles. The van der Waals surface area contributed by atoms with Crippen LogP contribution in [0, 0.1) is 35.1 Å². The molecule has 0 spiro atoms. The Labute approximate surface area is 114 Å². The van der Waals surface area contributed by atoms with Crippen LogP contribution in [0.2, 0.25) is 19.6 Å². The SMILES string of the molecule is CCCCCCC#CC#C/C=C/C#C[Si](C)(C)C. The average Bonchev–Trinajstić information content (AvgIpc) is 2.29. The topological polar surface area (TPSA) is 0 Å². The van der Waals surface area contributed by atoms with Crippen molar-refractivity contribution in [2.24, 2.45) is 0 Å². The van der Waals surface area contributed by atoms with E-state index in [-0.39, 0.29) is 0 Å². The Morgan fingerprint density at radius 1 is 0.889 bits per heavy atom. The van der Waals surface area contributed by atoms with Gasteiger partial charge in [-0.25, -0.2) is 0 Å². The molecule has 0 saturated carbocycles. The van der Waals surface area contributed by atoms with E-state index < -0.39 is 8.07 Å². The molecule has 0 nitrogen and oxygen atoms in total. The minimum atomic E-state index is -1.24. The monoisotopic (exact) mass is 256 g/mol. The summed E-state index contributed by atoms with van der Waals surface area (Å²) in [6, 6.07) is 0. The number of unbranched alkanes of at least 4 members (excludes halogenated alkanes) is 4. The first-order valence-electron chi connectivity index (χ1n) is 6.72. The molecular weight excluding hydrogens is 232 g/mol. The van der Waals surface area contributed by atoms with Gasteiger partial charge in [0.05, 0.1) is 0 Å². The molecule has 0 aromatic rings. The van der Waals surface area contributed by atoms with Crippen LogP contribution in [0.1, 0.15) is 39.0 Å². The van der Waals surface area contributed by atoms with Gasteiger partial charge in [-0.2, -0.15) is 0 Å². The fraction of sp³-hybridized carbons (Fsp3) is 0.529. The van der Waals surface area contributed by atoms with E-state index in [9.17, 15) is 0 Å². The van der Waals surface area contributed by atoms with Crippen molar-refractivity contribution >= 4 is 8.07 Å². The Morgan fingerprint density at radius 3 is 2.28 bits per heavy atom. The molecule has 0 aliphatic rings. The zero-order valence-electron chi connectivity index (χ0n) is 12.2. The maximum Gasteiger partial charge on any atom is 0.129 e. The Bertz CT molecular complexity index is 416. The molecule has 0 amide bonds. The Kier molecular flexibility index (Phi) is 9.95. The van der Waals surface area contributed by atoms with Gasteiger partial charge in [-0.3, -0.25) is 0 Å². The van der Waals surface area contributed by atoms with Crippen LogP contribution < -0.4 is 0 Å². The van der Waals surface area contributed by atoms with Crippen molar-refractivity contribution < 1.29 is 0 Å². The van der Waals surface area contributed by atoms with E-state index in [0.29, 0.717) is 0 Å². The molecule has 0 aliphatic carbocycles. The number of hydrogen-bond acceptors (Lipinski definition) is 0. The lowest BCUT2D eigenvalue weighted by atomic mass is 10.2. The van der Waals surface area contributed by atoms with E-state index in [1.165, 1.54) is 25.7 Å². The summed E-state index contributed by atoms with van der Waals surface area (Å²) in [5.41, 5.74) is 3.25. The summed E-state index contributed by atoms with van der Waals surface area (Å²) in [6.45, 7) is 8.89. The molecule has 18 heavy (non-hydrogen) atoms. The summed E-state index contributed by atoms with van der Waals surface area (Å²) in [7, 11) is -1.24. The average molecular weight is 256 g/mol. The van der Waals surface area contributed by atoms with Crippen LogP contribution in [0.4, 0.5) is 0 Å². The molecule has 0 aliphatic heterocycles. The fourth-order valence-corrected chi connectivity index (χ4v) is 1.68. The summed E-state index contributed by atoms with van der Waals surface area (Å²) in [6.07, 6.45) is 9.62. The van der Waals surface area contributed by atoms with Gasteiger partial charge in [-0.1, -0.05) is 63.6 Å². The van der Waals surface area contributed by atoms with Crippen molar-refractivity contribution in [1.29, 1.82) is 0 Å². The molecular formula is C17H24Si. The highest BCUT2D eigenvalue weighted by atomic mass is 28.3. The quantitative estimate of drug-likeness (QED) is 0.397. The first kappa shape index (κ1) is 16.6. The van der Waals surface area contributed by atoms with Crippen LogP contribution in [-0.2, 0) is 0 Å². The van der Waals surface area contributed by atoms with Crippen molar-refractivity contribution in [3.05, 3.63) is 12.2 Å². The summed E-state index contributed by atoms with van der Waals surface area (Å²) in [5, 5.41) is 0. The standard InChI is InChI=1S/C17H24Si/c1-5-6-7-8-9-10-11-12-13-14-15-16-17-18(2,3)4/h14-15H,5-9H2,1-4H3/b15-14+. The van der Waals surface area contributed by atoms with Gasteiger partial charge in [0.2, 0.25) is 0 Å². The zero-order valence-corrected chi connectivity index (χ0v) is 13.2. The third-order valence-corrected chi connectivity index (χ3v) is 2.97. The molecule has 0 atom stereocenters. The molecule has 0 bridgehead atoms. The maximum atomic E-state index is 3.25. The van der Waals surface area contributed by atoms with Gasteiger partial charge in [0.25, 0.3) is 0 Å². The molecule has 0 rings (SSSR count). The first-order valence-corrected chi connectivity index (χ1v) is 10.2. The molecule has 0 N–H and O–H groups in total. The van der Waals surface area contributed by atoms with Crippen LogP contribution in [0.5, 0.6) is 0 Å². The van der Waals surface area contributed by atoms with Crippen LogP contribution in [0.3, 0.4) is 0 Å². The van der Waals surface area contributed by atoms with Gasteiger partial charge in [0.15, 0.2) is 0 Å². The molecule has 0 fully saturated rings. The number of rotatable bonds is 4. The van der Waals surface area contributed by atoms with Crippen LogP contribution in [-0.4, -0.2) is 8.07 Å². The lowest BCUT2D eigenvalue weighted by Crippen LogP contribution is -2.16. The minimum absolute atomic E-state index is 0.966. The maximum absolute atomic E-state index is 3.25. The molecule has 1 heteroatoms. The highest BCUT2D eigenvalue weighted by molar-refractivity contribution is 6.83. The van der Waals surface area contributed by atoms with Crippen molar-refractivity contribution in [3.63, 3.8) is 0 Å². The van der Waals surface area contributed by atoms with Crippen molar-refractivity contribution in [2.75, 3.05) is 0 Å². The molecule has 96 valence electrons. The van der Waals surface area contributed by atoms with Crippen molar-refractivity contribution in [2.45, 2.75) is 58.7 Å². The number of allylic oxidation sites excluding steroid dienone is 2. The van der Waals surface area contributed by atoms with Crippen molar-refractivity contribution in [3.8, 4) is 35.1 Å². The second kappa shape index (κ2) is 10.8. The van der Waals surface area contributed by atoms with Gasteiger partial charge in [-0.05, 0) is 30.4 Å². The summed E-state index contributed by atoms with van der Waals surface area (Å²) in [4.78, 5) is 0. The van der Waals surface area contributed by atoms with E-state index in [1.54, 1.807) is 6.08 Å². The zero-order chi connectivity index (χ0) is 13.7. The van der Waals surface area contributed by atoms with E-state index in [0.717, 1.165) is 6.42 Å². The lowest BCUT2D eigenvalue weighted by molar-refractivity contribution is 0.680. The van der Waals surface area contributed by atoms with Gasteiger partial charge in [0.1, 0.15) is 8.07 Å². The normalized spacial score (nSPS) is 9.78. The predicted octanol–water partition coefficient (Wildman–Crippen LogP) is 4.40. The van der Waals surface area contributed by atoms with E-state index in [4.69, 9.17) is 0 Å². The van der Waals surface area contributed by atoms with E-state index in [2.05, 4.69) is 61.7 Å². The van der Waals surface area contributed by atoms with Gasteiger partial charge >= 0.3 is 0 Å². The molecule has 0 saturated heterocycles. The largest absolute Gasteiger partial charge is 0.129 e. The molecule has 0 radical (unpaired) electrons. The van der Waals surface area contributed by atoms with Gasteiger partial charge in [0, 0.05) is 6.42 Å². The Morgan fingerprint density at radius 2 is 1.61 bits per heavy atom. The highest BCUT2D eigenvalue weighted by Gasteiger charge is 2.06. The van der Waals surface area contributed by atoms with Gasteiger partial charge in [-0.15, -0.1) is 5.54 Å². The molecule has 0 aromatic carbocycles. The third-order valence-electron chi connectivity index (χ3n) is 2.08. The van der Waals surface area contributed by atoms with Crippen molar-refractivity contribution in [1.82, 2.24) is 0 Å². The summed E-state index contributed by atoms with van der Waals surface area (Å²) >= 11 is 0. The van der Waals surface area contributed by atoms with Crippen LogP contribution in [0.25, 0.3) is 0 Å². The smallest absolute Gasteiger partial charge is 0.127 e. The van der Waals surface area contributed by atoms with E-state index >= 15 is 0 Å². The lowest BCUT2D eigenvalue weighted by Gasteiger charge is -2.01. The van der Waals surface area contributed by atoms with Gasteiger partial charge < -0.3 is 0 Å². The molecule has 0 heterocycles. The predicted molar refractivity (Wildman–Crippen MR) is 84.6 cm³/mol. The fourth-order valence-electron chi connectivity index (χ4n) is 1.17.